The fourth-order valence-corrected chi connectivity index (χ4v) is 5.24. The van der Waals surface area contributed by atoms with Gasteiger partial charge >= 0.3 is 23.9 Å². The summed E-state index contributed by atoms with van der Waals surface area (Å²) < 4.78 is 22.1. The van der Waals surface area contributed by atoms with Crippen LogP contribution in [0.5, 0.6) is 0 Å². The molecule has 2 aliphatic carbocycles. The van der Waals surface area contributed by atoms with Gasteiger partial charge in [-0.2, -0.15) is 0 Å². The van der Waals surface area contributed by atoms with Crippen molar-refractivity contribution < 1.29 is 48.0 Å². The summed E-state index contributed by atoms with van der Waals surface area (Å²) in [7, 11) is 0. The van der Waals surface area contributed by atoms with Crippen molar-refractivity contribution in [3.63, 3.8) is 0 Å². The highest BCUT2D eigenvalue weighted by Gasteiger charge is 2.51. The average molecular weight is 535 g/mol. The SMILES string of the molecule is CC(=O)OCC1=CC(OC(C)=O)C2CC(OC(C)=O)C(C)=C(C(OC(C)=O)C(=O)C(C)=CCC1O)C2(C)C. The number of fused-ring (bicyclic) bond motifs is 2. The van der Waals surface area contributed by atoms with E-state index in [1.54, 1.807) is 19.9 Å². The Labute approximate surface area is 223 Å². The summed E-state index contributed by atoms with van der Waals surface area (Å²) in [5.41, 5.74) is 0.622. The Morgan fingerprint density at radius 2 is 1.53 bits per heavy atom. The summed E-state index contributed by atoms with van der Waals surface area (Å²) in [5, 5.41) is 11.0. The first-order valence-electron chi connectivity index (χ1n) is 12.5. The second-order valence-electron chi connectivity index (χ2n) is 10.3. The fraction of sp³-hybridized carbons (Fsp3) is 0.607. The average Bonchev–Trinajstić information content (AvgIpc) is 2.78. The fourth-order valence-electron chi connectivity index (χ4n) is 5.24. The summed E-state index contributed by atoms with van der Waals surface area (Å²) in [5.74, 6) is -3.48. The van der Waals surface area contributed by atoms with Gasteiger partial charge in [0.2, 0.25) is 5.78 Å². The van der Waals surface area contributed by atoms with Gasteiger partial charge < -0.3 is 24.1 Å². The largest absolute Gasteiger partial charge is 0.461 e. The first-order chi connectivity index (χ1) is 17.6. The predicted octanol–water partition coefficient (Wildman–Crippen LogP) is 2.91. The minimum absolute atomic E-state index is 0.00752. The normalized spacial score (nSPS) is 27.6. The van der Waals surface area contributed by atoms with Gasteiger partial charge in [0.05, 0.1) is 6.10 Å². The predicted molar refractivity (Wildman–Crippen MR) is 135 cm³/mol. The van der Waals surface area contributed by atoms with Gasteiger partial charge in [0, 0.05) is 33.6 Å². The van der Waals surface area contributed by atoms with Crippen LogP contribution in [0.3, 0.4) is 0 Å². The number of carbonyl (C=O) groups is 5. The molecule has 10 heteroatoms. The van der Waals surface area contributed by atoms with E-state index < -0.39 is 65.4 Å². The number of Topliss-reactive ketones (excluding diaryl/α,β-unsaturated/α-hetero) is 1. The quantitative estimate of drug-likeness (QED) is 0.318. The molecule has 0 radical (unpaired) electrons. The van der Waals surface area contributed by atoms with Gasteiger partial charge in [-0.15, -0.1) is 0 Å². The highest BCUT2D eigenvalue weighted by atomic mass is 16.6. The number of rotatable bonds is 5. The van der Waals surface area contributed by atoms with Gasteiger partial charge in [-0.05, 0) is 60.5 Å². The van der Waals surface area contributed by atoms with Crippen molar-refractivity contribution in [1.82, 2.24) is 0 Å². The van der Waals surface area contributed by atoms with Crippen molar-refractivity contribution in [3.8, 4) is 0 Å². The zero-order valence-electron chi connectivity index (χ0n) is 23.3. The summed E-state index contributed by atoms with van der Waals surface area (Å²) in [4.78, 5) is 61.6. The van der Waals surface area contributed by atoms with Crippen LogP contribution in [-0.4, -0.2) is 65.8 Å². The number of aliphatic hydroxyl groups excluding tert-OH is 1. The van der Waals surface area contributed by atoms with E-state index in [4.69, 9.17) is 18.9 Å². The van der Waals surface area contributed by atoms with Gasteiger partial charge in [-0.25, -0.2) is 0 Å². The number of ketones is 1. The van der Waals surface area contributed by atoms with E-state index in [1.165, 1.54) is 33.8 Å². The molecular formula is C28H38O10. The summed E-state index contributed by atoms with van der Waals surface area (Å²) in [6.45, 7) is 11.6. The number of esters is 4. The smallest absolute Gasteiger partial charge is 0.303 e. The van der Waals surface area contributed by atoms with Crippen LogP contribution in [0.4, 0.5) is 0 Å². The standard InChI is InChI=1S/C28H38O10/c1-14-9-10-22(33)20(13-35-16(3)29)11-24(37-18(5)31)21-12-23(36-17(4)30)15(2)25(28(21,7)8)27(26(14)34)38-19(6)32/h9,11,21-24,27,33H,10,12-13H2,1-8H3. The maximum Gasteiger partial charge on any atom is 0.303 e. The third-order valence-electron chi connectivity index (χ3n) is 7.07. The highest BCUT2D eigenvalue weighted by molar-refractivity contribution is 6.01. The summed E-state index contributed by atoms with van der Waals surface area (Å²) in [6, 6.07) is 0. The molecule has 0 spiro atoms. The van der Waals surface area contributed by atoms with Gasteiger partial charge in [0.25, 0.3) is 0 Å². The first kappa shape index (κ1) is 31.0. The second kappa shape index (κ2) is 12.5. The van der Waals surface area contributed by atoms with Crippen LogP contribution in [-0.2, 0) is 42.9 Å². The maximum atomic E-state index is 13.7. The molecule has 0 saturated carbocycles. The highest BCUT2D eigenvalue weighted by Crippen LogP contribution is 2.50. The lowest BCUT2D eigenvalue weighted by Gasteiger charge is -2.48. The molecule has 0 aromatic rings. The van der Waals surface area contributed by atoms with E-state index in [1.807, 2.05) is 13.8 Å². The van der Waals surface area contributed by atoms with Crippen LogP contribution in [0, 0.1) is 11.3 Å². The number of aliphatic hydroxyl groups is 1. The van der Waals surface area contributed by atoms with Crippen molar-refractivity contribution in [1.29, 1.82) is 0 Å². The lowest BCUT2D eigenvalue weighted by atomic mass is 9.60. The molecule has 2 rings (SSSR count). The topological polar surface area (TPSA) is 142 Å². The molecule has 0 aromatic carbocycles. The number of ether oxygens (including phenoxy) is 4. The van der Waals surface area contributed by atoms with E-state index >= 15 is 0 Å². The minimum Gasteiger partial charge on any atom is -0.461 e. The Hall–Kier alpha value is -3.27. The Bertz CT molecular complexity index is 1080. The molecule has 38 heavy (non-hydrogen) atoms. The van der Waals surface area contributed by atoms with E-state index in [0.717, 1.165) is 0 Å². The lowest BCUT2D eigenvalue weighted by molar-refractivity contribution is -0.156. The third-order valence-corrected chi connectivity index (χ3v) is 7.07. The summed E-state index contributed by atoms with van der Waals surface area (Å²) >= 11 is 0. The van der Waals surface area contributed by atoms with Gasteiger partial charge in [-0.1, -0.05) is 19.9 Å². The van der Waals surface area contributed by atoms with E-state index in [2.05, 4.69) is 0 Å². The Morgan fingerprint density at radius 1 is 0.947 bits per heavy atom. The van der Waals surface area contributed by atoms with E-state index in [0.29, 0.717) is 11.1 Å². The van der Waals surface area contributed by atoms with Crippen molar-refractivity contribution in [3.05, 3.63) is 34.4 Å². The minimum atomic E-state index is -1.32. The monoisotopic (exact) mass is 534 g/mol. The van der Waals surface area contributed by atoms with Crippen molar-refractivity contribution in [2.45, 2.75) is 92.6 Å². The second-order valence-corrected chi connectivity index (χ2v) is 10.3. The molecule has 2 bridgehead atoms. The molecule has 5 atom stereocenters. The Kier molecular flexibility index (Phi) is 10.2. The zero-order valence-corrected chi connectivity index (χ0v) is 23.3. The number of carbonyl (C=O) groups excluding carboxylic acids is 5. The van der Waals surface area contributed by atoms with Crippen molar-refractivity contribution in [2.24, 2.45) is 11.3 Å². The maximum absolute atomic E-state index is 13.7. The van der Waals surface area contributed by atoms with Gasteiger partial charge in [0.1, 0.15) is 18.8 Å². The summed E-state index contributed by atoms with van der Waals surface area (Å²) in [6.07, 6.45) is -0.991. The third kappa shape index (κ3) is 7.40. The van der Waals surface area contributed by atoms with Crippen molar-refractivity contribution >= 4 is 29.7 Å². The molecule has 0 amide bonds. The molecule has 0 aliphatic heterocycles. The van der Waals surface area contributed by atoms with E-state index in [-0.39, 0.29) is 30.6 Å². The van der Waals surface area contributed by atoms with E-state index in [9.17, 15) is 29.1 Å². The van der Waals surface area contributed by atoms with Crippen LogP contribution >= 0.6 is 0 Å². The molecule has 0 saturated heterocycles. The molecular weight excluding hydrogens is 496 g/mol. The molecule has 210 valence electrons. The number of hydrogen-bond donors (Lipinski definition) is 1. The zero-order chi connectivity index (χ0) is 28.9. The van der Waals surface area contributed by atoms with Crippen LogP contribution in [0.15, 0.2) is 34.4 Å². The molecule has 0 aromatic heterocycles. The van der Waals surface area contributed by atoms with Crippen LogP contribution < -0.4 is 0 Å². The molecule has 0 heterocycles. The van der Waals surface area contributed by atoms with Crippen LogP contribution in [0.1, 0.15) is 68.2 Å². The Balaban J connectivity index is 2.90. The van der Waals surface area contributed by atoms with Gasteiger partial charge in [-0.3, -0.25) is 24.0 Å². The molecule has 2 aliphatic rings. The molecule has 10 nitrogen and oxygen atoms in total. The Morgan fingerprint density at radius 3 is 2.05 bits per heavy atom. The van der Waals surface area contributed by atoms with Crippen LogP contribution in [0.25, 0.3) is 0 Å². The van der Waals surface area contributed by atoms with Crippen LogP contribution in [0.2, 0.25) is 0 Å². The lowest BCUT2D eigenvalue weighted by Crippen LogP contribution is -2.49. The number of hydrogen-bond acceptors (Lipinski definition) is 10. The van der Waals surface area contributed by atoms with Gasteiger partial charge in [0.15, 0.2) is 6.10 Å². The first-order valence-corrected chi connectivity index (χ1v) is 12.5. The molecule has 0 fully saturated rings. The van der Waals surface area contributed by atoms with Crippen molar-refractivity contribution in [2.75, 3.05) is 6.61 Å². The molecule has 1 N–H and O–H groups in total. The molecule has 5 unspecified atom stereocenters.